The van der Waals surface area contributed by atoms with Gasteiger partial charge in [-0.05, 0) is 29.7 Å². The number of Topliss-reactive ketones (excluding diaryl/α,β-unsaturated/α-hetero) is 1. The van der Waals surface area contributed by atoms with Crippen molar-refractivity contribution in [3.63, 3.8) is 0 Å². The van der Waals surface area contributed by atoms with Crippen molar-refractivity contribution >= 4 is 16.7 Å². The summed E-state index contributed by atoms with van der Waals surface area (Å²) in [6.07, 6.45) is 5.32. The Kier molecular flexibility index (Phi) is 7.78. The summed E-state index contributed by atoms with van der Waals surface area (Å²) in [5.41, 5.74) is 2.45. The molecule has 1 aliphatic rings. The molecule has 0 spiro atoms. The molecule has 0 amide bonds. The van der Waals surface area contributed by atoms with Gasteiger partial charge in [0.25, 0.3) is 0 Å². The van der Waals surface area contributed by atoms with Crippen LogP contribution in [-0.2, 0) is 22.5 Å². The molecule has 0 radical (unpaired) electrons. The molecule has 0 aliphatic carbocycles. The first kappa shape index (κ1) is 25.6. The monoisotopic (exact) mass is 517 g/mol. The smallest absolute Gasteiger partial charge is 0.230 e. The molecule has 1 aliphatic heterocycles. The lowest BCUT2D eigenvalue weighted by Gasteiger charge is -2.24. The molecule has 1 fully saturated rings. The number of ketones is 1. The summed E-state index contributed by atoms with van der Waals surface area (Å²) in [5.74, 6) is 2.54. The first-order valence-corrected chi connectivity index (χ1v) is 12.7. The van der Waals surface area contributed by atoms with Gasteiger partial charge in [0.1, 0.15) is 24.7 Å². The summed E-state index contributed by atoms with van der Waals surface area (Å²) < 4.78 is 24.9. The zero-order chi connectivity index (χ0) is 26.5. The van der Waals surface area contributed by atoms with E-state index in [4.69, 9.17) is 18.9 Å². The fraction of sp³-hybridized carbons (Fsp3) is 0.393. The van der Waals surface area contributed by atoms with E-state index in [1.54, 1.807) is 11.8 Å². The van der Waals surface area contributed by atoms with Crippen molar-refractivity contribution in [3.05, 3.63) is 60.2 Å². The average molecular weight is 518 g/mol. The highest BCUT2D eigenvalue weighted by Crippen LogP contribution is 2.37. The van der Waals surface area contributed by atoms with Crippen molar-refractivity contribution in [2.75, 3.05) is 20.3 Å². The van der Waals surface area contributed by atoms with Crippen LogP contribution in [0.2, 0.25) is 0 Å². The number of hydrogen-bond donors (Lipinski definition) is 0. The van der Waals surface area contributed by atoms with Gasteiger partial charge in [-0.3, -0.25) is 4.79 Å². The van der Waals surface area contributed by atoms with Crippen molar-refractivity contribution in [3.8, 4) is 23.1 Å². The van der Waals surface area contributed by atoms with E-state index in [1.807, 2.05) is 56.4 Å². The van der Waals surface area contributed by atoms with E-state index in [0.717, 1.165) is 24.1 Å². The van der Waals surface area contributed by atoms with Crippen LogP contribution in [0.3, 0.4) is 0 Å². The van der Waals surface area contributed by atoms with Crippen LogP contribution < -0.4 is 14.2 Å². The minimum absolute atomic E-state index is 0.0477. The number of ether oxygens (including phenoxy) is 4. The zero-order valence-corrected chi connectivity index (χ0v) is 21.8. The third-order valence-electron chi connectivity index (χ3n) is 6.37. The maximum atomic E-state index is 12.5. The van der Waals surface area contributed by atoms with Crippen molar-refractivity contribution in [2.24, 2.45) is 0 Å². The fourth-order valence-electron chi connectivity index (χ4n) is 4.25. The van der Waals surface area contributed by atoms with E-state index in [0.29, 0.717) is 53.7 Å². The van der Waals surface area contributed by atoms with E-state index in [9.17, 15) is 4.79 Å². The summed E-state index contributed by atoms with van der Waals surface area (Å²) in [5, 5.41) is 8.85. The number of carbonyl (C=O) groups is 1. The van der Waals surface area contributed by atoms with Gasteiger partial charge in [0.2, 0.25) is 5.88 Å². The van der Waals surface area contributed by atoms with Gasteiger partial charge in [-0.15, -0.1) is 5.10 Å². The molecule has 0 saturated carbocycles. The Labute approximate surface area is 220 Å². The van der Waals surface area contributed by atoms with Crippen LogP contribution in [0.5, 0.6) is 23.1 Å². The van der Waals surface area contributed by atoms with Crippen LogP contribution in [0.25, 0.3) is 10.9 Å². The van der Waals surface area contributed by atoms with Gasteiger partial charge in [0.15, 0.2) is 17.3 Å². The van der Waals surface area contributed by atoms with Gasteiger partial charge in [0, 0.05) is 31.5 Å². The predicted molar refractivity (Wildman–Crippen MR) is 140 cm³/mol. The molecule has 10 nitrogen and oxygen atoms in total. The molecule has 0 unspecified atom stereocenters. The second-order valence-electron chi connectivity index (χ2n) is 9.59. The summed E-state index contributed by atoms with van der Waals surface area (Å²) in [4.78, 5) is 21.3. The van der Waals surface area contributed by atoms with Crippen molar-refractivity contribution in [2.45, 2.75) is 51.7 Å². The normalized spacial score (nSPS) is 14.1. The topological polar surface area (TPSA) is 110 Å². The molecular weight excluding hydrogens is 486 g/mol. The molecule has 3 heterocycles. The number of benzene rings is 2. The van der Waals surface area contributed by atoms with Crippen molar-refractivity contribution in [1.82, 2.24) is 25.0 Å². The third-order valence-corrected chi connectivity index (χ3v) is 6.37. The van der Waals surface area contributed by atoms with E-state index >= 15 is 0 Å². The fourth-order valence-corrected chi connectivity index (χ4v) is 4.25. The second kappa shape index (κ2) is 11.6. The van der Waals surface area contributed by atoms with Gasteiger partial charge in [-0.2, -0.15) is 0 Å². The Morgan fingerprint density at radius 1 is 1.11 bits per heavy atom. The van der Waals surface area contributed by atoms with Gasteiger partial charge < -0.3 is 18.9 Å². The Bertz CT molecular complexity index is 1400. The Hall–Kier alpha value is -4.05. The van der Waals surface area contributed by atoms with E-state index in [1.165, 1.54) is 6.33 Å². The number of methoxy groups -OCH3 is 1. The number of carbonyl (C=O) groups excluding carboxylic acids is 1. The van der Waals surface area contributed by atoms with Crippen LogP contribution in [0.1, 0.15) is 43.9 Å². The minimum Gasteiger partial charge on any atom is -0.493 e. The molecule has 10 heteroatoms. The molecule has 5 rings (SSSR count). The molecule has 1 saturated heterocycles. The molecule has 0 N–H and O–H groups in total. The quantitative estimate of drug-likeness (QED) is 0.300. The maximum Gasteiger partial charge on any atom is 0.230 e. The standard InChI is InChI=1S/C28H31N5O5/c1-18(2)25-16-33(32-31-25)15-20(34)12-19-4-6-21(7-5-19)38-28-23-13-26(35-3)27(14-24(23)29-17-30-28)37-22-8-10-36-11-9-22/h4-7,13-14,16-18,22H,8-12,15H2,1-3H3. The SMILES string of the molecule is COc1cc2c(Oc3ccc(CC(=O)Cn4cc(C(C)C)nn4)cc3)ncnc2cc1OC1CCOCC1. The first-order chi connectivity index (χ1) is 18.5. The highest BCUT2D eigenvalue weighted by atomic mass is 16.5. The highest BCUT2D eigenvalue weighted by Gasteiger charge is 2.19. The Morgan fingerprint density at radius 2 is 1.89 bits per heavy atom. The van der Waals surface area contributed by atoms with Gasteiger partial charge in [-0.1, -0.05) is 31.2 Å². The van der Waals surface area contributed by atoms with Crippen LogP contribution >= 0.6 is 0 Å². The van der Waals surface area contributed by atoms with Gasteiger partial charge in [0.05, 0.1) is 36.9 Å². The van der Waals surface area contributed by atoms with Gasteiger partial charge >= 0.3 is 0 Å². The molecule has 4 aromatic rings. The second-order valence-corrected chi connectivity index (χ2v) is 9.59. The number of fused-ring (bicyclic) bond motifs is 1. The van der Waals surface area contributed by atoms with Crippen LogP contribution in [-0.4, -0.2) is 57.2 Å². The number of aromatic nitrogens is 5. The molecule has 0 atom stereocenters. The molecule has 2 aromatic heterocycles. The van der Waals surface area contributed by atoms with E-state index < -0.39 is 0 Å². The number of hydrogen-bond acceptors (Lipinski definition) is 9. The molecule has 38 heavy (non-hydrogen) atoms. The predicted octanol–water partition coefficient (Wildman–Crippen LogP) is 4.52. The summed E-state index contributed by atoms with van der Waals surface area (Å²) in [6, 6.07) is 11.1. The average Bonchev–Trinajstić information content (AvgIpc) is 3.39. The maximum absolute atomic E-state index is 12.5. The van der Waals surface area contributed by atoms with Crippen LogP contribution in [0, 0.1) is 0 Å². The summed E-state index contributed by atoms with van der Waals surface area (Å²) >= 11 is 0. The number of rotatable bonds is 10. The first-order valence-electron chi connectivity index (χ1n) is 12.7. The van der Waals surface area contributed by atoms with Crippen LogP contribution in [0.15, 0.2) is 48.9 Å². The molecule has 0 bridgehead atoms. The Morgan fingerprint density at radius 3 is 2.61 bits per heavy atom. The third kappa shape index (κ3) is 6.08. The zero-order valence-electron chi connectivity index (χ0n) is 21.8. The lowest BCUT2D eigenvalue weighted by molar-refractivity contribution is -0.119. The highest BCUT2D eigenvalue weighted by molar-refractivity contribution is 5.87. The molecular formula is C28H31N5O5. The lowest BCUT2D eigenvalue weighted by Crippen LogP contribution is -2.26. The number of nitrogens with zero attached hydrogens (tertiary/aromatic N) is 5. The van der Waals surface area contributed by atoms with Crippen molar-refractivity contribution in [1.29, 1.82) is 0 Å². The van der Waals surface area contributed by atoms with E-state index in [-0.39, 0.29) is 24.3 Å². The van der Waals surface area contributed by atoms with Crippen LogP contribution in [0.4, 0.5) is 0 Å². The van der Waals surface area contributed by atoms with E-state index in [2.05, 4.69) is 20.3 Å². The van der Waals surface area contributed by atoms with Crippen molar-refractivity contribution < 1.29 is 23.7 Å². The summed E-state index contributed by atoms with van der Waals surface area (Å²) in [7, 11) is 1.61. The molecule has 2 aromatic carbocycles. The Balaban J connectivity index is 1.26. The van der Waals surface area contributed by atoms with Gasteiger partial charge in [-0.25, -0.2) is 14.6 Å². The summed E-state index contributed by atoms with van der Waals surface area (Å²) in [6.45, 7) is 5.65. The largest absolute Gasteiger partial charge is 0.493 e. The molecule has 198 valence electrons. The lowest BCUT2D eigenvalue weighted by atomic mass is 10.1. The minimum atomic E-state index is 0.0477.